The minimum absolute atomic E-state index is 0.122. The topological polar surface area (TPSA) is 82.7 Å². The fraction of sp³-hybridized carbons (Fsp3) is 0.458. The van der Waals surface area contributed by atoms with E-state index in [1.165, 1.54) is 10.9 Å². The molecule has 5 rings (SSSR count). The lowest BCUT2D eigenvalue weighted by molar-refractivity contribution is 0.0512. The van der Waals surface area contributed by atoms with Gasteiger partial charge in [-0.2, -0.15) is 0 Å². The zero-order chi connectivity index (χ0) is 21.2. The highest BCUT2D eigenvalue weighted by molar-refractivity contribution is 5.91. The van der Waals surface area contributed by atoms with E-state index in [0.29, 0.717) is 31.7 Å². The number of fused-ring (bicyclic) bond motifs is 1. The molecule has 3 aromatic rings. The molecule has 1 N–H and O–H groups in total. The Kier molecular flexibility index (Phi) is 5.70. The number of nitrogens with zero attached hydrogens (tertiary/aromatic N) is 4. The Morgan fingerprint density at radius 1 is 1.13 bits per heavy atom. The Balaban J connectivity index is 1.23. The maximum absolute atomic E-state index is 12.7. The predicted octanol–water partition coefficient (Wildman–Crippen LogP) is 3.20. The highest BCUT2D eigenvalue weighted by atomic mass is 16.5. The van der Waals surface area contributed by atoms with Crippen molar-refractivity contribution in [3.63, 3.8) is 0 Å². The normalized spacial score (nSPS) is 20.9. The first-order valence-corrected chi connectivity index (χ1v) is 11.2. The number of amides is 1. The molecule has 2 saturated heterocycles. The van der Waals surface area contributed by atoms with Crippen LogP contribution >= 0.6 is 0 Å². The molecule has 0 radical (unpaired) electrons. The molecular weight excluding hydrogens is 392 g/mol. The second-order valence-corrected chi connectivity index (χ2v) is 8.74. The van der Waals surface area contributed by atoms with Gasteiger partial charge in [0.25, 0.3) is 5.91 Å². The lowest BCUT2D eigenvalue weighted by atomic mass is 9.94. The number of aliphatic hydroxyl groups is 1. The van der Waals surface area contributed by atoms with Crippen LogP contribution in [0.2, 0.25) is 0 Å². The minimum atomic E-state index is -0.304. The number of aromatic nitrogens is 2. The molecule has 0 spiro atoms. The first-order valence-electron chi connectivity index (χ1n) is 11.2. The van der Waals surface area contributed by atoms with Crippen LogP contribution in [0, 0.1) is 0 Å². The van der Waals surface area contributed by atoms with E-state index in [1.807, 2.05) is 18.3 Å². The van der Waals surface area contributed by atoms with E-state index >= 15 is 0 Å². The molecule has 1 atom stereocenters. The molecule has 2 aliphatic heterocycles. The Morgan fingerprint density at radius 2 is 2.00 bits per heavy atom. The van der Waals surface area contributed by atoms with Gasteiger partial charge in [0.1, 0.15) is 0 Å². The quantitative estimate of drug-likeness (QED) is 0.698. The number of piperidine rings is 2. The molecular formula is C24H28N4O3. The molecule has 4 heterocycles. The highest BCUT2D eigenvalue weighted by Crippen LogP contribution is 2.28. The van der Waals surface area contributed by atoms with Gasteiger partial charge in [-0.3, -0.25) is 14.7 Å². The van der Waals surface area contributed by atoms with Gasteiger partial charge in [0.05, 0.1) is 17.3 Å². The summed E-state index contributed by atoms with van der Waals surface area (Å²) in [6, 6.07) is 12.3. The van der Waals surface area contributed by atoms with Crippen LogP contribution in [-0.4, -0.2) is 63.2 Å². The van der Waals surface area contributed by atoms with Gasteiger partial charge < -0.3 is 14.5 Å². The summed E-state index contributed by atoms with van der Waals surface area (Å²) in [6.07, 6.45) is 4.91. The molecule has 1 aromatic carbocycles. The van der Waals surface area contributed by atoms with Crippen molar-refractivity contribution in [2.45, 2.75) is 44.2 Å². The summed E-state index contributed by atoms with van der Waals surface area (Å²) in [5.41, 5.74) is 3.17. The zero-order valence-corrected chi connectivity index (χ0v) is 17.6. The van der Waals surface area contributed by atoms with E-state index in [0.717, 1.165) is 43.7 Å². The monoisotopic (exact) mass is 420 g/mol. The SMILES string of the molecule is O=C(c1cc([C@@H]2CCCN(Cc3ccc4ncccc4c3)C2)no1)N1CCC(O)CC1. The Bertz CT molecular complexity index is 1060. The first-order chi connectivity index (χ1) is 15.2. The summed E-state index contributed by atoms with van der Waals surface area (Å²) in [5.74, 6) is 0.456. The minimum Gasteiger partial charge on any atom is -0.393 e. The average molecular weight is 421 g/mol. The Labute approximate surface area is 181 Å². The maximum atomic E-state index is 12.7. The summed E-state index contributed by atoms with van der Waals surface area (Å²) in [7, 11) is 0. The van der Waals surface area contributed by atoms with E-state index in [1.54, 1.807) is 4.90 Å². The third-order valence-corrected chi connectivity index (χ3v) is 6.49. The van der Waals surface area contributed by atoms with Gasteiger partial charge in [-0.1, -0.05) is 17.3 Å². The summed E-state index contributed by atoms with van der Waals surface area (Å²) >= 11 is 0. The third-order valence-electron chi connectivity index (χ3n) is 6.49. The lowest BCUT2D eigenvalue weighted by Gasteiger charge is -2.31. The molecule has 2 fully saturated rings. The van der Waals surface area contributed by atoms with Crippen molar-refractivity contribution >= 4 is 16.8 Å². The molecule has 0 aliphatic carbocycles. The highest BCUT2D eigenvalue weighted by Gasteiger charge is 2.28. The first kappa shape index (κ1) is 20.2. The Hall–Kier alpha value is -2.77. The second-order valence-electron chi connectivity index (χ2n) is 8.74. The molecule has 7 nitrogen and oxygen atoms in total. The van der Waals surface area contributed by atoms with Crippen molar-refractivity contribution in [1.29, 1.82) is 0 Å². The van der Waals surface area contributed by atoms with Crippen molar-refractivity contribution in [2.24, 2.45) is 0 Å². The number of carbonyl (C=O) groups excluding carboxylic acids is 1. The lowest BCUT2D eigenvalue weighted by Crippen LogP contribution is -2.39. The van der Waals surface area contributed by atoms with Gasteiger partial charge in [-0.25, -0.2) is 0 Å². The standard InChI is InChI=1S/C24H28N4O3/c29-20-7-11-28(12-8-20)24(30)23-14-22(26-31-23)19-4-2-10-27(16-19)15-17-5-6-21-18(13-17)3-1-9-25-21/h1,3,5-6,9,13-14,19-20,29H,2,4,7-8,10-12,15-16H2/t19-/m1/s1. The molecule has 0 saturated carbocycles. The largest absolute Gasteiger partial charge is 0.393 e. The van der Waals surface area contributed by atoms with Gasteiger partial charge in [0, 0.05) is 49.7 Å². The Morgan fingerprint density at radius 3 is 2.87 bits per heavy atom. The van der Waals surface area contributed by atoms with E-state index in [2.05, 4.69) is 39.3 Å². The van der Waals surface area contributed by atoms with Crippen LogP contribution in [0.4, 0.5) is 0 Å². The van der Waals surface area contributed by atoms with Crippen LogP contribution in [0.3, 0.4) is 0 Å². The molecule has 1 amide bonds. The number of hydrogen-bond donors (Lipinski definition) is 1. The molecule has 7 heteroatoms. The number of hydrogen-bond acceptors (Lipinski definition) is 6. The van der Waals surface area contributed by atoms with Crippen LogP contribution < -0.4 is 0 Å². The number of aliphatic hydroxyl groups excluding tert-OH is 1. The van der Waals surface area contributed by atoms with Crippen molar-refractivity contribution < 1.29 is 14.4 Å². The van der Waals surface area contributed by atoms with E-state index < -0.39 is 0 Å². The molecule has 31 heavy (non-hydrogen) atoms. The molecule has 2 aromatic heterocycles. The van der Waals surface area contributed by atoms with Gasteiger partial charge in [-0.05, 0) is 56.0 Å². The summed E-state index contributed by atoms with van der Waals surface area (Å²) in [4.78, 5) is 21.3. The van der Waals surface area contributed by atoms with Crippen molar-refractivity contribution in [3.05, 3.63) is 59.6 Å². The molecule has 2 aliphatic rings. The zero-order valence-electron chi connectivity index (χ0n) is 17.6. The van der Waals surface area contributed by atoms with Crippen LogP contribution in [-0.2, 0) is 6.54 Å². The van der Waals surface area contributed by atoms with Crippen LogP contribution in [0.25, 0.3) is 10.9 Å². The van der Waals surface area contributed by atoms with Crippen LogP contribution in [0.1, 0.15) is 53.4 Å². The number of rotatable bonds is 4. The van der Waals surface area contributed by atoms with Gasteiger partial charge in [-0.15, -0.1) is 0 Å². The van der Waals surface area contributed by atoms with E-state index in [9.17, 15) is 9.90 Å². The summed E-state index contributed by atoms with van der Waals surface area (Å²) in [6.45, 7) is 3.98. The van der Waals surface area contributed by atoms with Crippen molar-refractivity contribution in [2.75, 3.05) is 26.2 Å². The number of benzene rings is 1. The fourth-order valence-corrected chi connectivity index (χ4v) is 4.73. The molecule has 0 unspecified atom stereocenters. The summed E-state index contributed by atoms with van der Waals surface area (Å²) < 4.78 is 5.43. The van der Waals surface area contributed by atoms with Gasteiger partial charge in [0.2, 0.25) is 5.76 Å². The number of likely N-dealkylation sites (tertiary alicyclic amines) is 2. The van der Waals surface area contributed by atoms with Crippen molar-refractivity contribution in [1.82, 2.24) is 19.9 Å². The second kappa shape index (κ2) is 8.77. The van der Waals surface area contributed by atoms with E-state index in [-0.39, 0.29) is 17.9 Å². The molecule has 0 bridgehead atoms. The van der Waals surface area contributed by atoms with E-state index in [4.69, 9.17) is 4.52 Å². The van der Waals surface area contributed by atoms with Gasteiger partial charge in [0.15, 0.2) is 0 Å². The van der Waals surface area contributed by atoms with Crippen molar-refractivity contribution in [3.8, 4) is 0 Å². The third kappa shape index (κ3) is 4.48. The summed E-state index contributed by atoms with van der Waals surface area (Å²) in [5, 5.41) is 15.1. The predicted molar refractivity (Wildman–Crippen MR) is 117 cm³/mol. The fourth-order valence-electron chi connectivity index (χ4n) is 4.73. The van der Waals surface area contributed by atoms with Crippen LogP contribution in [0.5, 0.6) is 0 Å². The maximum Gasteiger partial charge on any atom is 0.292 e. The smallest absolute Gasteiger partial charge is 0.292 e. The van der Waals surface area contributed by atoms with Gasteiger partial charge >= 0.3 is 0 Å². The number of carbonyl (C=O) groups is 1. The van der Waals surface area contributed by atoms with Crippen LogP contribution in [0.15, 0.2) is 47.1 Å². The average Bonchev–Trinajstić information content (AvgIpc) is 3.30. The molecule has 162 valence electrons. The number of pyridine rings is 1.